The zero-order valence-corrected chi connectivity index (χ0v) is 5.83. The second-order valence-electron chi connectivity index (χ2n) is 2.21. The third kappa shape index (κ3) is 1.54. The van der Waals surface area contributed by atoms with Gasteiger partial charge in [0, 0.05) is 0 Å². The topological polar surface area (TPSA) is 60.7 Å². The average Bonchev–Trinajstić information content (AvgIpc) is 1.99. The fraction of sp³-hybridized carbons (Fsp3) is 0. The molecule has 3 nitrogen and oxygen atoms in total. The minimum atomic E-state index is -1.95. The molecule has 64 valence electrons. The SMILES string of the molecule is OB(O)c1cc(F)c(O)c(F)c1. The number of benzene rings is 1. The van der Waals surface area contributed by atoms with Crippen molar-refractivity contribution in [3.8, 4) is 5.75 Å². The Morgan fingerprint density at radius 3 is 1.83 bits per heavy atom. The van der Waals surface area contributed by atoms with Crippen LogP contribution in [0.1, 0.15) is 0 Å². The molecule has 0 spiro atoms. The predicted molar refractivity (Wildman–Crippen MR) is 37.8 cm³/mol. The van der Waals surface area contributed by atoms with Gasteiger partial charge in [0.25, 0.3) is 0 Å². The monoisotopic (exact) mass is 174 g/mol. The summed E-state index contributed by atoms with van der Waals surface area (Å²) in [5.41, 5.74) is -0.345. The van der Waals surface area contributed by atoms with E-state index in [1.54, 1.807) is 0 Å². The number of hydrogen-bond donors (Lipinski definition) is 3. The van der Waals surface area contributed by atoms with E-state index in [-0.39, 0.29) is 5.46 Å². The van der Waals surface area contributed by atoms with Crippen molar-refractivity contribution in [3.63, 3.8) is 0 Å². The number of hydrogen-bond acceptors (Lipinski definition) is 3. The van der Waals surface area contributed by atoms with Gasteiger partial charge >= 0.3 is 7.12 Å². The van der Waals surface area contributed by atoms with Gasteiger partial charge in [0.05, 0.1) is 0 Å². The molecule has 0 unspecified atom stereocenters. The third-order valence-corrected chi connectivity index (χ3v) is 1.34. The molecule has 0 bridgehead atoms. The van der Waals surface area contributed by atoms with Crippen LogP contribution in [-0.4, -0.2) is 22.3 Å². The predicted octanol–water partition coefficient (Wildman–Crippen LogP) is -0.650. The number of halogens is 2. The summed E-state index contributed by atoms with van der Waals surface area (Å²) in [7, 11) is -1.95. The molecule has 0 radical (unpaired) electrons. The fourth-order valence-corrected chi connectivity index (χ4v) is 0.734. The smallest absolute Gasteiger partial charge is 0.488 e. The van der Waals surface area contributed by atoms with Gasteiger partial charge in [-0.05, 0) is 17.6 Å². The molecule has 0 saturated heterocycles. The molecule has 0 atom stereocenters. The summed E-state index contributed by atoms with van der Waals surface area (Å²) < 4.78 is 25.0. The van der Waals surface area contributed by atoms with Crippen LogP contribution in [0.25, 0.3) is 0 Å². The molecular formula is C6H5BF2O3. The van der Waals surface area contributed by atoms with E-state index in [2.05, 4.69) is 0 Å². The summed E-state index contributed by atoms with van der Waals surface area (Å²) in [5, 5.41) is 25.6. The van der Waals surface area contributed by atoms with Crippen molar-refractivity contribution in [2.45, 2.75) is 0 Å². The van der Waals surface area contributed by atoms with Gasteiger partial charge in [0.2, 0.25) is 0 Å². The highest BCUT2D eigenvalue weighted by Crippen LogP contribution is 2.17. The molecule has 0 aliphatic rings. The molecule has 0 heterocycles. The van der Waals surface area contributed by atoms with Crippen LogP contribution in [0.3, 0.4) is 0 Å². The summed E-state index contributed by atoms with van der Waals surface area (Å²) in [6.45, 7) is 0. The van der Waals surface area contributed by atoms with E-state index in [0.717, 1.165) is 0 Å². The highest BCUT2D eigenvalue weighted by atomic mass is 19.1. The molecule has 0 aliphatic heterocycles. The molecule has 0 fully saturated rings. The number of phenolic OH excluding ortho intramolecular Hbond substituents is 1. The van der Waals surface area contributed by atoms with Crippen LogP contribution in [0, 0.1) is 11.6 Å². The van der Waals surface area contributed by atoms with Crippen molar-refractivity contribution in [3.05, 3.63) is 23.8 Å². The third-order valence-electron chi connectivity index (χ3n) is 1.34. The largest absolute Gasteiger partial charge is 0.503 e. The molecular weight excluding hydrogens is 169 g/mol. The lowest BCUT2D eigenvalue weighted by Gasteiger charge is -2.01. The van der Waals surface area contributed by atoms with E-state index in [1.807, 2.05) is 0 Å². The number of rotatable bonds is 1. The van der Waals surface area contributed by atoms with Crippen molar-refractivity contribution in [2.75, 3.05) is 0 Å². The van der Waals surface area contributed by atoms with Crippen LogP contribution >= 0.6 is 0 Å². The first-order valence-electron chi connectivity index (χ1n) is 3.06. The first kappa shape index (κ1) is 8.96. The maximum atomic E-state index is 12.5. The minimum absolute atomic E-state index is 0.345. The standard InChI is InChI=1S/C6H5BF2O3/c8-4-1-3(7(11)12)2-5(9)6(4)10/h1-2,10-12H. The molecule has 0 saturated carbocycles. The quantitative estimate of drug-likeness (QED) is 0.495. The lowest BCUT2D eigenvalue weighted by Crippen LogP contribution is -2.30. The zero-order valence-electron chi connectivity index (χ0n) is 5.83. The fourth-order valence-electron chi connectivity index (χ4n) is 0.734. The van der Waals surface area contributed by atoms with E-state index in [4.69, 9.17) is 15.2 Å². The minimum Gasteiger partial charge on any atom is -0.503 e. The Hall–Kier alpha value is -1.14. The first-order valence-corrected chi connectivity index (χ1v) is 3.06. The average molecular weight is 174 g/mol. The summed E-state index contributed by atoms with van der Waals surface area (Å²) in [6.07, 6.45) is 0. The van der Waals surface area contributed by atoms with Crippen LogP contribution in [0.5, 0.6) is 5.75 Å². The molecule has 1 rings (SSSR count). The maximum absolute atomic E-state index is 12.5. The van der Waals surface area contributed by atoms with Crippen LogP contribution in [0.4, 0.5) is 8.78 Å². The molecule has 1 aromatic carbocycles. The molecule has 0 amide bonds. The van der Waals surface area contributed by atoms with E-state index in [0.29, 0.717) is 12.1 Å². The molecule has 6 heteroatoms. The Morgan fingerprint density at radius 1 is 1.08 bits per heavy atom. The second-order valence-corrected chi connectivity index (χ2v) is 2.21. The molecule has 1 aromatic rings. The van der Waals surface area contributed by atoms with Gasteiger partial charge < -0.3 is 15.2 Å². The normalized spacial score (nSPS) is 10.0. The summed E-state index contributed by atoms with van der Waals surface area (Å²) in [5.74, 6) is -3.57. The van der Waals surface area contributed by atoms with Crippen molar-refractivity contribution < 1.29 is 23.9 Å². The second kappa shape index (κ2) is 3.08. The van der Waals surface area contributed by atoms with Crippen LogP contribution < -0.4 is 5.46 Å². The Bertz CT molecular complexity index is 280. The van der Waals surface area contributed by atoms with E-state index in [9.17, 15) is 8.78 Å². The van der Waals surface area contributed by atoms with Gasteiger partial charge in [-0.15, -0.1) is 0 Å². The van der Waals surface area contributed by atoms with Gasteiger partial charge in [0.1, 0.15) is 0 Å². The number of phenols is 1. The van der Waals surface area contributed by atoms with Gasteiger partial charge in [-0.3, -0.25) is 0 Å². The van der Waals surface area contributed by atoms with Gasteiger partial charge in [-0.2, -0.15) is 0 Å². The summed E-state index contributed by atoms with van der Waals surface area (Å²) >= 11 is 0. The highest BCUT2D eigenvalue weighted by molar-refractivity contribution is 6.58. The first-order chi connectivity index (χ1) is 5.52. The summed E-state index contributed by atoms with van der Waals surface area (Å²) in [4.78, 5) is 0. The molecule has 3 N–H and O–H groups in total. The van der Waals surface area contributed by atoms with Gasteiger partial charge in [-0.25, -0.2) is 8.78 Å². The van der Waals surface area contributed by atoms with E-state index >= 15 is 0 Å². The van der Waals surface area contributed by atoms with Crippen molar-refractivity contribution in [1.29, 1.82) is 0 Å². The highest BCUT2D eigenvalue weighted by Gasteiger charge is 2.16. The van der Waals surface area contributed by atoms with E-state index < -0.39 is 24.5 Å². The zero-order chi connectivity index (χ0) is 9.30. The maximum Gasteiger partial charge on any atom is 0.488 e. The van der Waals surface area contributed by atoms with Crippen LogP contribution in [0.2, 0.25) is 0 Å². The van der Waals surface area contributed by atoms with Crippen molar-refractivity contribution in [2.24, 2.45) is 0 Å². The molecule has 0 aliphatic carbocycles. The van der Waals surface area contributed by atoms with Gasteiger partial charge in [-0.1, -0.05) is 0 Å². The lowest BCUT2D eigenvalue weighted by atomic mass is 9.80. The van der Waals surface area contributed by atoms with Crippen molar-refractivity contribution in [1.82, 2.24) is 0 Å². The lowest BCUT2D eigenvalue weighted by molar-refractivity contribution is 0.395. The molecule has 0 aromatic heterocycles. The Balaban J connectivity index is 3.21. The summed E-state index contributed by atoms with van der Waals surface area (Å²) in [6, 6.07) is 1.28. The van der Waals surface area contributed by atoms with Crippen LogP contribution in [-0.2, 0) is 0 Å². The Labute approximate surface area is 67.0 Å². The van der Waals surface area contributed by atoms with Gasteiger partial charge in [0.15, 0.2) is 17.4 Å². The van der Waals surface area contributed by atoms with Crippen molar-refractivity contribution >= 4 is 12.6 Å². The van der Waals surface area contributed by atoms with Crippen LogP contribution in [0.15, 0.2) is 12.1 Å². The number of aromatic hydroxyl groups is 1. The Morgan fingerprint density at radius 2 is 1.50 bits per heavy atom. The Kier molecular flexibility index (Phi) is 2.30. The van der Waals surface area contributed by atoms with E-state index in [1.165, 1.54) is 0 Å². The molecule has 12 heavy (non-hydrogen) atoms.